The highest BCUT2D eigenvalue weighted by Crippen LogP contribution is 2.31. The lowest BCUT2D eigenvalue weighted by Crippen LogP contribution is -2.38. The Balaban J connectivity index is 2.28. The van der Waals surface area contributed by atoms with Crippen LogP contribution in [0.4, 0.5) is 4.39 Å². The molecule has 1 heterocycles. The molecular formula is C14H20FNO. The second-order valence-electron chi connectivity index (χ2n) is 4.92. The van der Waals surface area contributed by atoms with Gasteiger partial charge in [-0.15, -0.1) is 0 Å². The summed E-state index contributed by atoms with van der Waals surface area (Å²) >= 11 is 0. The van der Waals surface area contributed by atoms with E-state index in [-0.39, 0.29) is 11.4 Å². The van der Waals surface area contributed by atoms with E-state index < -0.39 is 0 Å². The molecule has 1 aliphatic heterocycles. The van der Waals surface area contributed by atoms with Gasteiger partial charge in [0.1, 0.15) is 0 Å². The fourth-order valence-electron chi connectivity index (χ4n) is 2.49. The largest absolute Gasteiger partial charge is 0.494 e. The number of ether oxygens (including phenoxy) is 1. The molecule has 94 valence electrons. The van der Waals surface area contributed by atoms with Crippen molar-refractivity contribution in [1.29, 1.82) is 0 Å². The molecule has 2 rings (SSSR count). The van der Waals surface area contributed by atoms with Crippen molar-refractivity contribution in [3.05, 3.63) is 29.6 Å². The van der Waals surface area contributed by atoms with Gasteiger partial charge in [-0.25, -0.2) is 4.39 Å². The van der Waals surface area contributed by atoms with E-state index in [0.29, 0.717) is 5.75 Å². The molecule has 1 fully saturated rings. The van der Waals surface area contributed by atoms with Crippen molar-refractivity contribution in [3.8, 4) is 5.75 Å². The van der Waals surface area contributed by atoms with Crippen molar-refractivity contribution in [1.82, 2.24) is 5.32 Å². The van der Waals surface area contributed by atoms with Gasteiger partial charge in [0.05, 0.1) is 7.11 Å². The van der Waals surface area contributed by atoms with Gasteiger partial charge in [-0.1, -0.05) is 18.9 Å². The molecule has 0 amide bonds. The zero-order chi connectivity index (χ0) is 12.3. The first-order valence-corrected chi connectivity index (χ1v) is 6.25. The summed E-state index contributed by atoms with van der Waals surface area (Å²) in [5.41, 5.74) is 0.904. The summed E-state index contributed by atoms with van der Waals surface area (Å²) in [4.78, 5) is 0. The van der Waals surface area contributed by atoms with Crippen LogP contribution in [0.1, 0.15) is 38.2 Å². The summed E-state index contributed by atoms with van der Waals surface area (Å²) < 4.78 is 18.7. The first-order chi connectivity index (χ1) is 8.15. The van der Waals surface area contributed by atoms with Crippen LogP contribution in [0.15, 0.2) is 18.2 Å². The standard InChI is InChI=1S/C14H20FNO/c1-14(8-4-3-5-9-16-14)11-6-7-13(17-2)12(15)10-11/h6-7,10,16H,3-5,8-9H2,1-2H3. The maximum atomic E-state index is 13.7. The highest BCUT2D eigenvalue weighted by Gasteiger charge is 2.27. The Kier molecular flexibility index (Phi) is 3.67. The maximum absolute atomic E-state index is 13.7. The SMILES string of the molecule is COc1ccc(C2(C)CCCCCN2)cc1F. The molecule has 1 aromatic carbocycles. The molecule has 0 spiro atoms. The number of hydrogen-bond acceptors (Lipinski definition) is 2. The summed E-state index contributed by atoms with van der Waals surface area (Å²) in [6.45, 7) is 3.16. The van der Waals surface area contributed by atoms with Crippen molar-refractivity contribution in [2.45, 2.75) is 38.1 Å². The Hall–Kier alpha value is -1.09. The minimum absolute atomic E-state index is 0.108. The van der Waals surface area contributed by atoms with Gasteiger partial charge in [-0.2, -0.15) is 0 Å². The molecule has 0 saturated carbocycles. The van der Waals surface area contributed by atoms with Crippen LogP contribution < -0.4 is 10.1 Å². The highest BCUT2D eigenvalue weighted by molar-refractivity contribution is 5.33. The average Bonchev–Trinajstić information content (AvgIpc) is 2.55. The molecule has 3 heteroatoms. The Bertz CT molecular complexity index is 384. The second kappa shape index (κ2) is 5.05. The molecule has 1 N–H and O–H groups in total. The first kappa shape index (κ1) is 12.4. The smallest absolute Gasteiger partial charge is 0.165 e. The van der Waals surface area contributed by atoms with Gasteiger partial charge >= 0.3 is 0 Å². The predicted octanol–water partition coefficient (Wildman–Crippen LogP) is 3.21. The topological polar surface area (TPSA) is 21.3 Å². The molecule has 2 nitrogen and oxygen atoms in total. The van der Waals surface area contributed by atoms with Crippen LogP contribution >= 0.6 is 0 Å². The number of benzene rings is 1. The van der Waals surface area contributed by atoms with E-state index in [4.69, 9.17) is 4.74 Å². The van der Waals surface area contributed by atoms with E-state index in [1.54, 1.807) is 12.1 Å². The van der Waals surface area contributed by atoms with E-state index in [9.17, 15) is 4.39 Å². The van der Waals surface area contributed by atoms with Crippen LogP contribution in [-0.4, -0.2) is 13.7 Å². The molecule has 1 atom stereocenters. The third kappa shape index (κ3) is 2.60. The summed E-state index contributed by atoms with van der Waals surface area (Å²) in [5.74, 6) is 0.0308. The lowest BCUT2D eigenvalue weighted by atomic mass is 9.87. The lowest BCUT2D eigenvalue weighted by Gasteiger charge is -2.30. The molecule has 1 saturated heterocycles. The fourth-order valence-corrected chi connectivity index (χ4v) is 2.49. The fraction of sp³-hybridized carbons (Fsp3) is 0.571. The van der Waals surface area contributed by atoms with Crippen LogP contribution in [0.25, 0.3) is 0 Å². The van der Waals surface area contributed by atoms with Crippen molar-refractivity contribution in [3.63, 3.8) is 0 Å². The first-order valence-electron chi connectivity index (χ1n) is 6.25. The van der Waals surface area contributed by atoms with Crippen LogP contribution in [0.2, 0.25) is 0 Å². The monoisotopic (exact) mass is 237 g/mol. The van der Waals surface area contributed by atoms with E-state index in [0.717, 1.165) is 18.5 Å². The highest BCUT2D eigenvalue weighted by atomic mass is 19.1. The van der Waals surface area contributed by atoms with Crippen molar-refractivity contribution in [2.24, 2.45) is 0 Å². The van der Waals surface area contributed by atoms with Gasteiger partial charge in [-0.05, 0) is 44.0 Å². The van der Waals surface area contributed by atoms with Crippen molar-refractivity contribution in [2.75, 3.05) is 13.7 Å². The molecule has 1 aliphatic rings. The van der Waals surface area contributed by atoms with Gasteiger partial charge in [0.15, 0.2) is 11.6 Å². The number of halogens is 1. The molecule has 1 unspecified atom stereocenters. The van der Waals surface area contributed by atoms with Crippen molar-refractivity contribution < 1.29 is 9.13 Å². The third-order valence-electron chi connectivity index (χ3n) is 3.66. The summed E-state index contributed by atoms with van der Waals surface area (Å²) in [7, 11) is 1.49. The quantitative estimate of drug-likeness (QED) is 0.852. The molecule has 0 aromatic heterocycles. The maximum Gasteiger partial charge on any atom is 0.165 e. The van der Waals surface area contributed by atoms with Gasteiger partial charge < -0.3 is 10.1 Å². The Labute approximate surface area is 102 Å². The van der Waals surface area contributed by atoms with Crippen LogP contribution in [0, 0.1) is 5.82 Å². The summed E-state index contributed by atoms with van der Waals surface area (Å²) in [6.07, 6.45) is 4.70. The number of nitrogens with one attached hydrogen (secondary N) is 1. The number of hydrogen-bond donors (Lipinski definition) is 1. The van der Waals surface area contributed by atoms with E-state index in [1.807, 2.05) is 6.07 Å². The minimum Gasteiger partial charge on any atom is -0.494 e. The van der Waals surface area contributed by atoms with Crippen LogP contribution in [0.5, 0.6) is 5.75 Å². The molecule has 0 bridgehead atoms. The Morgan fingerprint density at radius 2 is 2.12 bits per heavy atom. The van der Waals surface area contributed by atoms with E-state index in [1.165, 1.54) is 26.4 Å². The second-order valence-corrected chi connectivity index (χ2v) is 4.92. The predicted molar refractivity (Wildman–Crippen MR) is 66.8 cm³/mol. The van der Waals surface area contributed by atoms with Crippen LogP contribution in [-0.2, 0) is 5.54 Å². The zero-order valence-corrected chi connectivity index (χ0v) is 10.6. The van der Waals surface area contributed by atoms with Gasteiger partial charge in [0, 0.05) is 5.54 Å². The van der Waals surface area contributed by atoms with E-state index >= 15 is 0 Å². The molecule has 1 aromatic rings. The van der Waals surface area contributed by atoms with Crippen molar-refractivity contribution >= 4 is 0 Å². The molecule has 17 heavy (non-hydrogen) atoms. The van der Waals surface area contributed by atoms with E-state index in [2.05, 4.69) is 12.2 Å². The molecular weight excluding hydrogens is 217 g/mol. The minimum atomic E-state index is -0.280. The lowest BCUT2D eigenvalue weighted by molar-refractivity contribution is 0.352. The Morgan fingerprint density at radius 1 is 1.29 bits per heavy atom. The number of rotatable bonds is 2. The average molecular weight is 237 g/mol. The van der Waals surface area contributed by atoms with Crippen LogP contribution in [0.3, 0.4) is 0 Å². The summed E-state index contributed by atoms with van der Waals surface area (Å²) in [6, 6.07) is 5.26. The van der Waals surface area contributed by atoms with Gasteiger partial charge in [0.2, 0.25) is 0 Å². The third-order valence-corrected chi connectivity index (χ3v) is 3.66. The summed E-state index contributed by atoms with van der Waals surface area (Å²) in [5, 5.41) is 3.53. The Morgan fingerprint density at radius 3 is 2.82 bits per heavy atom. The zero-order valence-electron chi connectivity index (χ0n) is 10.6. The van der Waals surface area contributed by atoms with Gasteiger partial charge in [0.25, 0.3) is 0 Å². The normalized spacial score (nSPS) is 25.4. The van der Waals surface area contributed by atoms with Gasteiger partial charge in [-0.3, -0.25) is 0 Å². The number of methoxy groups -OCH3 is 1. The molecule has 0 aliphatic carbocycles. The molecule has 0 radical (unpaired) electrons.